The van der Waals surface area contributed by atoms with Crippen molar-refractivity contribution in [1.29, 1.82) is 5.26 Å². The van der Waals surface area contributed by atoms with E-state index in [9.17, 15) is 14.9 Å². The maximum atomic E-state index is 13.0. The Bertz CT molecular complexity index is 1610. The van der Waals surface area contributed by atoms with Gasteiger partial charge in [-0.1, -0.05) is 12.1 Å². The molecule has 0 unspecified atom stereocenters. The fraction of sp³-hybridized carbons (Fsp3) is 0.200. The van der Waals surface area contributed by atoms with Gasteiger partial charge in [0.1, 0.15) is 11.6 Å². The van der Waals surface area contributed by atoms with Crippen LogP contribution < -0.4 is 19.8 Å². The van der Waals surface area contributed by atoms with Gasteiger partial charge < -0.3 is 23.9 Å². The molecule has 0 atom stereocenters. The van der Waals surface area contributed by atoms with Crippen LogP contribution in [0.5, 0.6) is 17.2 Å². The van der Waals surface area contributed by atoms with E-state index in [4.69, 9.17) is 23.9 Å². The maximum absolute atomic E-state index is 13.0. The maximum Gasteiger partial charge on any atom is 0.338 e. The molecule has 198 valence electrons. The summed E-state index contributed by atoms with van der Waals surface area (Å²) in [5.74, 6) is 0.817. The molecule has 1 N–H and O–H groups in total. The largest absolute Gasteiger partial charge is 0.493 e. The number of methoxy groups -OCH3 is 3. The van der Waals surface area contributed by atoms with E-state index < -0.39 is 5.56 Å². The molecule has 0 fully saturated rings. The normalized spacial score (nSPS) is 10.5. The van der Waals surface area contributed by atoms with Gasteiger partial charge in [0.15, 0.2) is 11.5 Å². The number of H-pyrrole nitrogens is 1. The highest BCUT2D eigenvalue weighted by Gasteiger charge is 2.19. The van der Waals surface area contributed by atoms with Crippen molar-refractivity contribution in [2.45, 2.75) is 13.8 Å². The Morgan fingerprint density at radius 2 is 1.59 bits per heavy atom. The van der Waals surface area contributed by atoms with Gasteiger partial charge in [0.05, 0.1) is 44.9 Å². The fourth-order valence-corrected chi connectivity index (χ4v) is 4.28. The third kappa shape index (κ3) is 5.31. The van der Waals surface area contributed by atoms with Crippen molar-refractivity contribution in [2.24, 2.45) is 0 Å². The minimum atomic E-state index is -0.531. The molecule has 2 aromatic heterocycles. The second-order valence-corrected chi connectivity index (χ2v) is 8.45. The van der Waals surface area contributed by atoms with E-state index in [0.29, 0.717) is 63.2 Å². The monoisotopic (exact) mass is 525 g/mol. The van der Waals surface area contributed by atoms with Gasteiger partial charge in [-0.2, -0.15) is 5.26 Å². The molecule has 0 saturated carbocycles. The average Bonchev–Trinajstić information content (AvgIpc) is 2.96. The molecule has 0 aliphatic carbocycles. The summed E-state index contributed by atoms with van der Waals surface area (Å²) < 4.78 is 21.4. The van der Waals surface area contributed by atoms with Crippen molar-refractivity contribution in [3.05, 3.63) is 81.8 Å². The van der Waals surface area contributed by atoms with Crippen LogP contribution in [-0.2, 0) is 4.74 Å². The number of rotatable bonds is 8. The Labute approximate surface area is 225 Å². The number of esters is 1. The smallest absolute Gasteiger partial charge is 0.338 e. The third-order valence-corrected chi connectivity index (χ3v) is 6.19. The third-order valence-electron chi connectivity index (χ3n) is 6.19. The van der Waals surface area contributed by atoms with Gasteiger partial charge in [0.25, 0.3) is 5.56 Å². The minimum Gasteiger partial charge on any atom is -0.493 e. The van der Waals surface area contributed by atoms with Crippen molar-refractivity contribution >= 4 is 5.97 Å². The molecule has 4 rings (SSSR count). The van der Waals surface area contributed by atoms with Crippen molar-refractivity contribution in [3.63, 3.8) is 0 Å². The summed E-state index contributed by atoms with van der Waals surface area (Å²) >= 11 is 0. The van der Waals surface area contributed by atoms with Crippen molar-refractivity contribution < 1.29 is 23.7 Å². The number of hydrogen-bond acceptors (Lipinski definition) is 8. The van der Waals surface area contributed by atoms with Crippen molar-refractivity contribution in [3.8, 4) is 57.0 Å². The van der Waals surface area contributed by atoms with E-state index >= 15 is 0 Å². The van der Waals surface area contributed by atoms with Crippen LogP contribution in [0.4, 0.5) is 0 Å². The first-order valence-electron chi connectivity index (χ1n) is 12.1. The highest BCUT2D eigenvalue weighted by atomic mass is 16.5. The first kappa shape index (κ1) is 26.9. The predicted molar refractivity (Wildman–Crippen MR) is 146 cm³/mol. The molecular weight excluding hydrogens is 498 g/mol. The van der Waals surface area contributed by atoms with Gasteiger partial charge in [-0.05, 0) is 61.9 Å². The van der Waals surface area contributed by atoms with Crippen LogP contribution in [0.2, 0.25) is 0 Å². The summed E-state index contributed by atoms with van der Waals surface area (Å²) in [5.41, 5.74) is 4.23. The Hall–Kier alpha value is -5.10. The number of aryl methyl sites for hydroxylation is 1. The Morgan fingerprint density at radius 1 is 0.923 bits per heavy atom. The van der Waals surface area contributed by atoms with E-state index in [1.807, 2.05) is 25.1 Å². The summed E-state index contributed by atoms with van der Waals surface area (Å²) in [5, 5.41) is 9.78. The molecule has 0 spiro atoms. The lowest BCUT2D eigenvalue weighted by Crippen LogP contribution is -2.13. The van der Waals surface area contributed by atoms with E-state index in [1.54, 1.807) is 49.4 Å². The summed E-state index contributed by atoms with van der Waals surface area (Å²) in [6, 6.07) is 17.8. The number of benzene rings is 2. The van der Waals surface area contributed by atoms with Gasteiger partial charge in [-0.15, -0.1) is 0 Å². The molecule has 0 amide bonds. The number of aromatic amines is 1. The Morgan fingerprint density at radius 3 is 2.13 bits per heavy atom. The average molecular weight is 526 g/mol. The van der Waals surface area contributed by atoms with Crippen LogP contribution in [0.3, 0.4) is 0 Å². The zero-order valence-electron chi connectivity index (χ0n) is 22.2. The van der Waals surface area contributed by atoms with Gasteiger partial charge in [0.2, 0.25) is 5.75 Å². The molecule has 39 heavy (non-hydrogen) atoms. The number of nitrogens with zero attached hydrogens (tertiary/aromatic N) is 2. The molecule has 9 heteroatoms. The molecule has 2 heterocycles. The number of nitrogens with one attached hydrogen (secondary N) is 1. The zero-order valence-corrected chi connectivity index (χ0v) is 22.2. The summed E-state index contributed by atoms with van der Waals surface area (Å²) in [6.45, 7) is 3.90. The first-order valence-corrected chi connectivity index (χ1v) is 12.1. The number of pyridine rings is 2. The second kappa shape index (κ2) is 11.5. The lowest BCUT2D eigenvalue weighted by atomic mass is 9.97. The van der Waals surface area contributed by atoms with Crippen molar-refractivity contribution in [1.82, 2.24) is 9.97 Å². The lowest BCUT2D eigenvalue weighted by Gasteiger charge is -2.15. The standard InChI is InChI=1S/C30H27N3O6/c1-6-39-30(35)19-9-7-18(8-10-19)24-12-11-21(17(2)32-24)25-15-22(23(16-31)29(34)33-25)20-13-26(36-3)28(38-5)27(14-20)37-4/h7-15H,6H2,1-5H3,(H,33,34). The molecule has 2 aromatic carbocycles. The number of hydrogen-bond donors (Lipinski definition) is 1. The number of nitriles is 1. The van der Waals surface area contributed by atoms with E-state index in [1.165, 1.54) is 21.3 Å². The summed E-state index contributed by atoms with van der Waals surface area (Å²) in [6.07, 6.45) is 0. The van der Waals surface area contributed by atoms with Crippen LogP contribution in [0.25, 0.3) is 33.6 Å². The zero-order chi connectivity index (χ0) is 28.1. The van der Waals surface area contributed by atoms with Crippen LogP contribution in [0.1, 0.15) is 28.5 Å². The highest BCUT2D eigenvalue weighted by molar-refractivity contribution is 5.90. The molecule has 0 aliphatic heterocycles. The van der Waals surface area contributed by atoms with Crippen LogP contribution in [0, 0.1) is 18.3 Å². The second-order valence-electron chi connectivity index (χ2n) is 8.45. The van der Waals surface area contributed by atoms with Crippen molar-refractivity contribution in [2.75, 3.05) is 27.9 Å². The number of ether oxygens (including phenoxy) is 4. The van der Waals surface area contributed by atoms with Crippen LogP contribution >= 0.6 is 0 Å². The van der Waals surface area contributed by atoms with Gasteiger partial charge in [-0.3, -0.25) is 9.78 Å². The molecule has 0 radical (unpaired) electrons. The Kier molecular flexibility index (Phi) is 7.96. The predicted octanol–water partition coefficient (Wildman–Crippen LogP) is 5.15. The topological polar surface area (TPSA) is 124 Å². The quantitative estimate of drug-likeness (QED) is 0.313. The SMILES string of the molecule is CCOC(=O)c1ccc(-c2ccc(-c3cc(-c4cc(OC)c(OC)c(OC)c4)c(C#N)c(=O)[nH]3)c(C)n2)cc1. The van der Waals surface area contributed by atoms with E-state index in [2.05, 4.69) is 4.98 Å². The van der Waals surface area contributed by atoms with Crippen LogP contribution in [-0.4, -0.2) is 43.9 Å². The van der Waals surface area contributed by atoms with E-state index in [0.717, 1.165) is 5.56 Å². The van der Waals surface area contributed by atoms with Gasteiger partial charge in [-0.25, -0.2) is 4.79 Å². The Balaban J connectivity index is 1.78. The molecule has 0 aliphatic rings. The summed E-state index contributed by atoms with van der Waals surface area (Å²) in [4.78, 5) is 32.5. The molecule has 4 aromatic rings. The van der Waals surface area contributed by atoms with E-state index in [-0.39, 0.29) is 11.5 Å². The highest BCUT2D eigenvalue weighted by Crippen LogP contribution is 2.42. The number of aromatic nitrogens is 2. The van der Waals surface area contributed by atoms with Crippen LogP contribution in [0.15, 0.2) is 59.4 Å². The molecule has 0 bridgehead atoms. The number of carbonyl (C=O) groups excluding carboxylic acids is 1. The number of carbonyl (C=O) groups is 1. The molecular formula is C30H27N3O6. The first-order chi connectivity index (χ1) is 18.8. The molecule has 0 saturated heterocycles. The van der Waals surface area contributed by atoms with Gasteiger partial charge >= 0.3 is 5.97 Å². The fourth-order valence-electron chi connectivity index (χ4n) is 4.28. The summed E-state index contributed by atoms with van der Waals surface area (Å²) in [7, 11) is 4.49. The minimum absolute atomic E-state index is 0.0445. The molecule has 9 nitrogen and oxygen atoms in total. The lowest BCUT2D eigenvalue weighted by molar-refractivity contribution is 0.0526. The van der Waals surface area contributed by atoms with Gasteiger partial charge in [0, 0.05) is 22.4 Å².